The summed E-state index contributed by atoms with van der Waals surface area (Å²) in [5.74, 6) is -2.44. The molecule has 0 radical (unpaired) electrons. The van der Waals surface area contributed by atoms with E-state index in [4.69, 9.17) is 5.73 Å². The van der Waals surface area contributed by atoms with E-state index in [1.807, 2.05) is 6.07 Å². The molecule has 9 nitrogen and oxygen atoms in total. The van der Waals surface area contributed by atoms with E-state index in [9.17, 15) is 19.2 Å². The molecule has 0 unspecified atom stereocenters. The van der Waals surface area contributed by atoms with Gasteiger partial charge in [-0.15, -0.1) is 23.7 Å². The van der Waals surface area contributed by atoms with Crippen molar-refractivity contribution in [2.45, 2.75) is 44.3 Å². The average molecular weight is 472 g/mol. The van der Waals surface area contributed by atoms with Gasteiger partial charge in [0.15, 0.2) is 0 Å². The van der Waals surface area contributed by atoms with Crippen molar-refractivity contribution in [3.63, 3.8) is 0 Å². The van der Waals surface area contributed by atoms with Crippen molar-refractivity contribution in [1.29, 1.82) is 0 Å². The van der Waals surface area contributed by atoms with Crippen molar-refractivity contribution in [2.24, 2.45) is 11.7 Å². The molecule has 4 amide bonds. The van der Waals surface area contributed by atoms with E-state index in [1.54, 1.807) is 14.1 Å². The zero-order chi connectivity index (χ0) is 22.0. The van der Waals surface area contributed by atoms with Crippen molar-refractivity contribution in [3.8, 4) is 0 Å². The van der Waals surface area contributed by atoms with Crippen LogP contribution in [-0.4, -0.2) is 73.2 Å². The number of halogens is 1. The van der Waals surface area contributed by atoms with Crippen LogP contribution in [0.25, 0.3) is 0 Å². The molecule has 31 heavy (non-hydrogen) atoms. The fourth-order valence-electron chi connectivity index (χ4n) is 4.16. The third-order valence-corrected chi connectivity index (χ3v) is 7.01. The van der Waals surface area contributed by atoms with Gasteiger partial charge in [0, 0.05) is 44.0 Å². The van der Waals surface area contributed by atoms with Crippen LogP contribution in [-0.2, 0) is 27.3 Å². The van der Waals surface area contributed by atoms with Crippen LogP contribution in [0.15, 0.2) is 6.07 Å². The van der Waals surface area contributed by atoms with Gasteiger partial charge in [0.1, 0.15) is 0 Å². The third-order valence-electron chi connectivity index (χ3n) is 5.78. The van der Waals surface area contributed by atoms with Crippen LogP contribution < -0.4 is 16.4 Å². The van der Waals surface area contributed by atoms with E-state index in [1.165, 1.54) is 26.7 Å². The summed E-state index contributed by atoms with van der Waals surface area (Å²) in [7, 11) is 5.45. The second-order valence-corrected chi connectivity index (χ2v) is 9.45. The molecule has 0 aromatic carbocycles. The van der Waals surface area contributed by atoms with Gasteiger partial charge in [0.25, 0.3) is 5.91 Å². The van der Waals surface area contributed by atoms with Crippen LogP contribution in [0.5, 0.6) is 0 Å². The lowest BCUT2D eigenvalue weighted by molar-refractivity contribution is -0.138. The normalized spacial score (nSPS) is 23.1. The van der Waals surface area contributed by atoms with Gasteiger partial charge in [-0.25, -0.2) is 0 Å². The number of thiophene rings is 1. The molecule has 1 aliphatic heterocycles. The number of nitrogens with zero attached hydrogens (tertiary/aromatic N) is 2. The quantitative estimate of drug-likeness (QED) is 0.538. The molecule has 172 valence electrons. The first-order chi connectivity index (χ1) is 14.2. The van der Waals surface area contributed by atoms with Crippen LogP contribution in [0.1, 0.15) is 39.4 Å². The Bertz CT molecular complexity index is 859. The fraction of sp³-hybridized carbons (Fsp3) is 0.600. The number of hydrogen-bond acceptors (Lipinski definition) is 6. The molecule has 1 aliphatic carbocycles. The molecule has 1 fully saturated rings. The Kier molecular flexibility index (Phi) is 8.44. The predicted octanol–water partition coefficient (Wildman–Crippen LogP) is 0.115. The molecule has 1 aromatic rings. The molecule has 0 saturated heterocycles. The Hall–Kier alpha value is -2.17. The Morgan fingerprint density at radius 1 is 1.16 bits per heavy atom. The first-order valence-electron chi connectivity index (χ1n) is 10.1. The van der Waals surface area contributed by atoms with Crippen molar-refractivity contribution in [3.05, 3.63) is 21.4 Å². The predicted molar refractivity (Wildman–Crippen MR) is 120 cm³/mol. The van der Waals surface area contributed by atoms with Gasteiger partial charge in [-0.1, -0.05) is 0 Å². The van der Waals surface area contributed by atoms with E-state index >= 15 is 0 Å². The SMILES string of the molecule is CN1CCc2sc(C(=O)N[C@@H]3C[C@@H](C(=O)N(C)C)CC[C@@H]3NC(=O)C(N)=O)cc2C1.Cl. The summed E-state index contributed by atoms with van der Waals surface area (Å²) in [4.78, 5) is 54.0. The number of carbonyl (C=O) groups excluding carboxylic acids is 4. The highest BCUT2D eigenvalue weighted by Gasteiger charge is 2.37. The molecule has 0 bridgehead atoms. The zero-order valence-electron chi connectivity index (χ0n) is 18.0. The topological polar surface area (TPSA) is 125 Å². The maximum absolute atomic E-state index is 13.0. The fourth-order valence-corrected chi connectivity index (χ4v) is 5.22. The van der Waals surface area contributed by atoms with Gasteiger partial charge >= 0.3 is 11.8 Å². The van der Waals surface area contributed by atoms with Crippen LogP contribution in [0, 0.1) is 5.92 Å². The van der Waals surface area contributed by atoms with Gasteiger partial charge in [0.05, 0.1) is 10.9 Å². The van der Waals surface area contributed by atoms with Gasteiger partial charge in [-0.2, -0.15) is 0 Å². The largest absolute Gasteiger partial charge is 0.361 e. The lowest BCUT2D eigenvalue weighted by atomic mass is 9.81. The number of carbonyl (C=O) groups is 4. The summed E-state index contributed by atoms with van der Waals surface area (Å²) in [6.07, 6.45) is 2.34. The monoisotopic (exact) mass is 471 g/mol. The molecule has 11 heteroatoms. The van der Waals surface area contributed by atoms with Gasteiger partial charge in [-0.3, -0.25) is 19.2 Å². The lowest BCUT2D eigenvalue weighted by Crippen LogP contribution is -2.57. The maximum Gasteiger partial charge on any atom is 0.309 e. The molecule has 0 spiro atoms. The number of primary amides is 1. The standard InChI is InChI=1S/C20H29N5O4S.ClH/c1-24(2)20(29)11-4-5-13(22-19(28)17(21)26)14(8-11)23-18(27)16-9-12-10-25(3)7-6-15(12)30-16;/h9,11,13-14H,4-8,10H2,1-3H3,(H2,21,26)(H,22,28)(H,23,27);1H/t11-,13-,14+;/m0./s1. The van der Waals surface area contributed by atoms with E-state index < -0.39 is 23.9 Å². The minimum Gasteiger partial charge on any atom is -0.361 e. The number of nitrogens with two attached hydrogens (primary N) is 1. The Labute approximate surface area is 192 Å². The highest BCUT2D eigenvalue weighted by atomic mass is 35.5. The van der Waals surface area contributed by atoms with Gasteiger partial charge in [-0.05, 0) is 44.4 Å². The Morgan fingerprint density at radius 3 is 2.52 bits per heavy atom. The van der Waals surface area contributed by atoms with Crippen LogP contribution in [0.2, 0.25) is 0 Å². The average Bonchev–Trinajstić information content (AvgIpc) is 3.11. The van der Waals surface area contributed by atoms with E-state index in [-0.39, 0.29) is 30.1 Å². The second-order valence-electron chi connectivity index (χ2n) is 8.31. The first kappa shape index (κ1) is 25.1. The minimum absolute atomic E-state index is 0. The van der Waals surface area contributed by atoms with Crippen molar-refractivity contribution < 1.29 is 19.2 Å². The summed E-state index contributed by atoms with van der Waals surface area (Å²) in [5, 5.41) is 5.61. The smallest absolute Gasteiger partial charge is 0.309 e. The molecule has 3 rings (SSSR count). The van der Waals surface area contributed by atoms with Crippen LogP contribution in [0.4, 0.5) is 0 Å². The van der Waals surface area contributed by atoms with E-state index in [0.717, 1.165) is 19.5 Å². The summed E-state index contributed by atoms with van der Waals surface area (Å²) in [5.41, 5.74) is 6.24. The maximum atomic E-state index is 13.0. The van der Waals surface area contributed by atoms with Crippen molar-refractivity contribution >= 4 is 47.4 Å². The summed E-state index contributed by atoms with van der Waals surface area (Å²) >= 11 is 1.49. The highest BCUT2D eigenvalue weighted by Crippen LogP contribution is 2.29. The molecular formula is C20H30ClN5O4S. The number of likely N-dealkylation sites (N-methyl/N-ethyl adjacent to an activating group) is 1. The number of nitrogens with one attached hydrogen (secondary N) is 2. The Balaban J connectivity index is 0.00000341. The summed E-state index contributed by atoms with van der Waals surface area (Å²) in [6.45, 7) is 1.78. The summed E-state index contributed by atoms with van der Waals surface area (Å²) in [6, 6.07) is 0.999. The molecule has 2 aliphatic rings. The number of fused-ring (bicyclic) bond motifs is 1. The lowest BCUT2D eigenvalue weighted by Gasteiger charge is -2.37. The molecular weight excluding hydrogens is 442 g/mol. The number of rotatable bonds is 4. The Morgan fingerprint density at radius 2 is 1.87 bits per heavy atom. The molecule has 2 heterocycles. The van der Waals surface area contributed by atoms with Crippen molar-refractivity contribution in [2.75, 3.05) is 27.7 Å². The van der Waals surface area contributed by atoms with Gasteiger partial charge in [0.2, 0.25) is 5.91 Å². The van der Waals surface area contributed by atoms with Gasteiger partial charge < -0.3 is 26.2 Å². The summed E-state index contributed by atoms with van der Waals surface area (Å²) < 4.78 is 0. The second kappa shape index (κ2) is 10.4. The molecule has 4 N–H and O–H groups in total. The molecule has 1 saturated carbocycles. The van der Waals surface area contributed by atoms with Crippen molar-refractivity contribution in [1.82, 2.24) is 20.4 Å². The molecule has 3 atom stereocenters. The first-order valence-corrected chi connectivity index (χ1v) is 10.9. The zero-order valence-corrected chi connectivity index (χ0v) is 19.6. The van der Waals surface area contributed by atoms with E-state index in [0.29, 0.717) is 24.1 Å². The van der Waals surface area contributed by atoms with Crippen LogP contribution in [0.3, 0.4) is 0 Å². The number of hydrogen-bond donors (Lipinski definition) is 3. The molecule has 1 aromatic heterocycles. The van der Waals surface area contributed by atoms with E-state index in [2.05, 4.69) is 22.6 Å². The minimum atomic E-state index is -1.07. The highest BCUT2D eigenvalue weighted by molar-refractivity contribution is 7.14. The number of amides is 4. The van der Waals surface area contributed by atoms with Crippen LogP contribution >= 0.6 is 23.7 Å². The third kappa shape index (κ3) is 5.96.